The van der Waals surface area contributed by atoms with Gasteiger partial charge in [0.05, 0.1) is 11.1 Å². The Kier molecular flexibility index (Phi) is 7.06. The Morgan fingerprint density at radius 1 is 0.974 bits per heavy atom. The minimum atomic E-state index is -2.47. The van der Waals surface area contributed by atoms with Gasteiger partial charge in [0.2, 0.25) is 12.1 Å². The fourth-order valence-electron chi connectivity index (χ4n) is 4.96. The lowest BCUT2D eigenvalue weighted by atomic mass is 9.68. The van der Waals surface area contributed by atoms with Crippen LogP contribution in [0.1, 0.15) is 53.4 Å². The van der Waals surface area contributed by atoms with Crippen molar-refractivity contribution in [1.82, 2.24) is 0 Å². The van der Waals surface area contributed by atoms with E-state index in [2.05, 4.69) is 0 Å². The van der Waals surface area contributed by atoms with Crippen LogP contribution in [-0.2, 0) is 29.4 Å². The molecule has 0 amide bonds. The number of carbonyl (C=O) groups excluding carboxylic acids is 3. The van der Waals surface area contributed by atoms with Crippen LogP contribution in [0.5, 0.6) is 11.5 Å². The van der Waals surface area contributed by atoms with E-state index in [0.717, 1.165) is 13.0 Å². The summed E-state index contributed by atoms with van der Waals surface area (Å²) < 4.78 is 16.1. The largest absolute Gasteiger partial charge is 0.507 e. The molecule has 0 spiro atoms. The fourth-order valence-corrected chi connectivity index (χ4v) is 4.96. The Morgan fingerprint density at radius 2 is 1.63 bits per heavy atom. The van der Waals surface area contributed by atoms with E-state index in [1.807, 2.05) is 0 Å². The van der Waals surface area contributed by atoms with E-state index < -0.39 is 65.5 Å². The number of rotatable bonds is 4. The molecule has 11 heteroatoms. The molecule has 5 N–H and O–H groups in total. The summed E-state index contributed by atoms with van der Waals surface area (Å²) in [5, 5.41) is 55.8. The fraction of sp³-hybridized carbons (Fsp3) is 0.370. The topological polar surface area (TPSA) is 180 Å². The molecular weight excluding hydrogens is 500 g/mol. The summed E-state index contributed by atoms with van der Waals surface area (Å²) in [5.74, 6) is -3.59. The normalized spacial score (nSPS) is 28.1. The second-order valence-electron chi connectivity index (χ2n) is 9.64. The number of hydrogen-bond acceptors (Lipinski definition) is 11. The molecular formula is C27H28O11. The zero-order valence-corrected chi connectivity index (χ0v) is 21.0. The van der Waals surface area contributed by atoms with Gasteiger partial charge in [0.15, 0.2) is 12.2 Å². The first-order valence-corrected chi connectivity index (χ1v) is 11.7. The van der Waals surface area contributed by atoms with Crippen molar-refractivity contribution in [2.24, 2.45) is 0 Å². The Morgan fingerprint density at radius 3 is 2.26 bits per heavy atom. The molecule has 0 unspecified atom stereocenters. The molecule has 2 aromatic carbocycles. The van der Waals surface area contributed by atoms with E-state index in [9.17, 15) is 39.9 Å². The smallest absolute Gasteiger partial charge is 0.331 e. The van der Waals surface area contributed by atoms with Crippen LogP contribution < -0.4 is 0 Å². The number of phenols is 2. The second-order valence-corrected chi connectivity index (χ2v) is 9.64. The zero-order valence-electron chi connectivity index (χ0n) is 21.0. The molecule has 1 fully saturated rings. The molecule has 1 aliphatic heterocycles. The summed E-state index contributed by atoms with van der Waals surface area (Å²) in [4.78, 5) is 37.6. The summed E-state index contributed by atoms with van der Waals surface area (Å²) >= 11 is 0. The molecule has 0 saturated carbocycles. The van der Waals surface area contributed by atoms with Crippen LogP contribution in [0.15, 0.2) is 42.0 Å². The predicted molar refractivity (Wildman–Crippen MR) is 129 cm³/mol. The molecule has 0 radical (unpaired) electrons. The molecule has 202 valence electrons. The van der Waals surface area contributed by atoms with Gasteiger partial charge in [0.1, 0.15) is 29.3 Å². The minimum absolute atomic E-state index is 0.172. The molecule has 11 nitrogen and oxygen atoms in total. The van der Waals surface area contributed by atoms with Crippen molar-refractivity contribution in [3.05, 3.63) is 69.8 Å². The van der Waals surface area contributed by atoms with Crippen LogP contribution in [0.2, 0.25) is 0 Å². The number of aromatic hydroxyl groups is 2. The maximum atomic E-state index is 13.4. The van der Waals surface area contributed by atoms with Gasteiger partial charge in [-0.15, -0.1) is 0 Å². The Bertz CT molecular complexity index is 1340. The van der Waals surface area contributed by atoms with Gasteiger partial charge < -0.3 is 39.7 Å². The van der Waals surface area contributed by atoms with Gasteiger partial charge in [-0.25, -0.2) is 4.79 Å². The average molecular weight is 529 g/mol. The first-order chi connectivity index (χ1) is 17.8. The quantitative estimate of drug-likeness (QED) is 0.283. The highest BCUT2D eigenvalue weighted by Crippen LogP contribution is 2.50. The first-order valence-electron chi connectivity index (χ1n) is 11.7. The van der Waals surface area contributed by atoms with Crippen molar-refractivity contribution < 1.29 is 54.1 Å². The van der Waals surface area contributed by atoms with Gasteiger partial charge in [-0.1, -0.05) is 23.8 Å². The van der Waals surface area contributed by atoms with E-state index in [1.54, 1.807) is 20.8 Å². The van der Waals surface area contributed by atoms with Crippen molar-refractivity contribution in [2.45, 2.75) is 64.0 Å². The lowest BCUT2D eigenvalue weighted by molar-refractivity contribution is -0.314. The number of phenolic OH excluding ortho intramolecular Hbond substituents is 2. The lowest BCUT2D eigenvalue weighted by Crippen LogP contribution is -2.66. The predicted octanol–water partition coefficient (Wildman–Crippen LogP) is 1.07. The number of ketones is 1. The standard InChI is InChI=1S/C27H28O11/c1-11(2)8-18(31)37-24-22(33)25(38-26(23(24)34)36-13(4)28)27(35)14-6-5-7-16(29)19(14)21(32)20-15(27)9-12(3)10-17(20)30/h5-10,22-26,29-30,33-35H,1-4H3/t22-,23-,24-,25+,26+,27+/m1/s1. The number of allylic oxidation sites excluding steroid dienone is 1. The Labute approximate surface area is 217 Å². The van der Waals surface area contributed by atoms with Crippen LogP contribution >= 0.6 is 0 Å². The number of aryl methyl sites for hydroxylation is 1. The van der Waals surface area contributed by atoms with Gasteiger partial charge in [0.25, 0.3) is 0 Å². The number of aliphatic hydroxyl groups excluding tert-OH is 2. The third-order valence-corrected chi connectivity index (χ3v) is 6.48. The third-order valence-electron chi connectivity index (χ3n) is 6.48. The van der Waals surface area contributed by atoms with Crippen LogP contribution in [0, 0.1) is 6.92 Å². The number of aliphatic hydroxyl groups is 3. The number of fused-ring (bicyclic) bond motifs is 2. The van der Waals surface area contributed by atoms with Crippen molar-refractivity contribution in [1.29, 1.82) is 0 Å². The molecule has 2 aliphatic rings. The van der Waals surface area contributed by atoms with Crippen molar-refractivity contribution in [3.63, 3.8) is 0 Å². The van der Waals surface area contributed by atoms with Gasteiger partial charge in [0, 0.05) is 24.1 Å². The third kappa shape index (κ3) is 4.43. The van der Waals surface area contributed by atoms with Crippen molar-refractivity contribution >= 4 is 17.7 Å². The highest BCUT2D eigenvalue weighted by molar-refractivity contribution is 6.16. The average Bonchev–Trinajstić information content (AvgIpc) is 2.80. The highest BCUT2D eigenvalue weighted by atomic mass is 16.7. The second kappa shape index (κ2) is 9.84. The highest BCUT2D eigenvalue weighted by Gasteiger charge is 2.60. The Balaban J connectivity index is 1.95. The molecule has 6 atom stereocenters. The zero-order chi connectivity index (χ0) is 28.1. The molecule has 1 heterocycles. The van der Waals surface area contributed by atoms with Gasteiger partial charge in [-0.3, -0.25) is 9.59 Å². The SMILES string of the molecule is CC(=O)O[C@H]1O[C@H]([C@]2(O)c3cccc(O)c3C(=O)c3c(O)cc(C)cc32)[C@H](O)[C@@H](OC(=O)C=C(C)C)[C@H]1O. The number of esters is 2. The van der Waals surface area contributed by atoms with E-state index in [1.165, 1.54) is 30.3 Å². The summed E-state index contributed by atoms with van der Waals surface area (Å²) in [6, 6.07) is 6.57. The maximum absolute atomic E-state index is 13.4. The molecule has 1 aliphatic carbocycles. The maximum Gasteiger partial charge on any atom is 0.331 e. The number of hydrogen-bond donors (Lipinski definition) is 5. The van der Waals surface area contributed by atoms with E-state index >= 15 is 0 Å². The van der Waals surface area contributed by atoms with Gasteiger partial charge in [-0.2, -0.15) is 0 Å². The summed E-state index contributed by atoms with van der Waals surface area (Å²) in [7, 11) is 0. The minimum Gasteiger partial charge on any atom is -0.507 e. The van der Waals surface area contributed by atoms with Gasteiger partial charge >= 0.3 is 11.9 Å². The summed E-state index contributed by atoms with van der Waals surface area (Å²) in [6.07, 6.45) is -8.10. The first kappa shape index (κ1) is 27.3. The Hall–Kier alpha value is -3.77. The van der Waals surface area contributed by atoms with Crippen LogP contribution in [0.25, 0.3) is 0 Å². The van der Waals surface area contributed by atoms with Crippen LogP contribution in [0.4, 0.5) is 0 Å². The van der Waals surface area contributed by atoms with Crippen molar-refractivity contribution in [2.75, 3.05) is 0 Å². The molecule has 0 aromatic heterocycles. The number of carbonyl (C=O) groups is 3. The monoisotopic (exact) mass is 528 g/mol. The van der Waals surface area contributed by atoms with Crippen LogP contribution in [-0.4, -0.2) is 74.0 Å². The molecule has 2 aromatic rings. The van der Waals surface area contributed by atoms with E-state index in [0.29, 0.717) is 11.1 Å². The van der Waals surface area contributed by atoms with E-state index in [-0.39, 0.29) is 22.3 Å². The number of ether oxygens (including phenoxy) is 3. The molecule has 4 rings (SSSR count). The molecule has 0 bridgehead atoms. The number of benzene rings is 2. The summed E-state index contributed by atoms with van der Waals surface area (Å²) in [5.41, 5.74) is -2.54. The molecule has 38 heavy (non-hydrogen) atoms. The lowest BCUT2D eigenvalue weighted by Gasteiger charge is -2.49. The van der Waals surface area contributed by atoms with E-state index in [4.69, 9.17) is 14.2 Å². The molecule has 1 saturated heterocycles. The summed E-state index contributed by atoms with van der Waals surface area (Å²) in [6.45, 7) is 5.88. The van der Waals surface area contributed by atoms with Gasteiger partial charge in [-0.05, 0) is 38.5 Å². The van der Waals surface area contributed by atoms with Crippen LogP contribution in [0.3, 0.4) is 0 Å². The van der Waals surface area contributed by atoms with Crippen molar-refractivity contribution in [3.8, 4) is 11.5 Å².